The van der Waals surface area contributed by atoms with Gasteiger partial charge in [0, 0.05) is 20.0 Å². The zero-order valence-electron chi connectivity index (χ0n) is 16.5. The van der Waals surface area contributed by atoms with E-state index in [1.165, 1.54) is 19.1 Å². The topological polar surface area (TPSA) is 67.2 Å². The van der Waals surface area contributed by atoms with E-state index in [0.717, 1.165) is 37.2 Å². The molecule has 0 bridgehead atoms. The second-order valence-electron chi connectivity index (χ2n) is 7.44. The lowest BCUT2D eigenvalue weighted by Gasteiger charge is -2.22. The van der Waals surface area contributed by atoms with Crippen molar-refractivity contribution in [2.24, 2.45) is 0 Å². The second-order valence-corrected chi connectivity index (χ2v) is 7.44. The highest BCUT2D eigenvalue weighted by atomic mass is 19.1. The van der Waals surface area contributed by atoms with Crippen LogP contribution in [0.1, 0.15) is 31.2 Å². The van der Waals surface area contributed by atoms with Crippen molar-refractivity contribution in [3.05, 3.63) is 64.0 Å². The molecule has 0 unspecified atom stereocenters. The summed E-state index contributed by atoms with van der Waals surface area (Å²) in [7, 11) is 0. The number of carbonyl (C=O) groups excluding carboxylic acids is 1. The van der Waals surface area contributed by atoms with Crippen LogP contribution in [0.2, 0.25) is 0 Å². The fraction of sp³-hybridized carbons (Fsp3) is 0.318. The van der Waals surface area contributed by atoms with Gasteiger partial charge in [-0.15, -0.1) is 0 Å². The van der Waals surface area contributed by atoms with E-state index in [-0.39, 0.29) is 17.3 Å². The molecule has 1 aliphatic rings. The van der Waals surface area contributed by atoms with Gasteiger partial charge < -0.3 is 10.2 Å². The number of nitrogens with one attached hydrogen (secondary N) is 1. The maximum Gasteiger partial charge on any atom is 0.261 e. The predicted molar refractivity (Wildman–Crippen MR) is 112 cm³/mol. The van der Waals surface area contributed by atoms with E-state index >= 15 is 0 Å². The Labute approximate surface area is 168 Å². The normalized spacial score (nSPS) is 13.8. The van der Waals surface area contributed by atoms with Crippen LogP contribution < -0.4 is 15.8 Å². The van der Waals surface area contributed by atoms with Gasteiger partial charge >= 0.3 is 0 Å². The van der Waals surface area contributed by atoms with Crippen molar-refractivity contribution in [3.8, 4) is 0 Å². The number of nitrogens with zero attached hydrogens (tertiary/aromatic N) is 3. The largest absolute Gasteiger partial charge is 0.370 e. The SMILES string of the molecule is CC(=O)Nc1cc2c(=O)n(Cc3ccc(F)cc3)c(C)nc2cc1N1CCCC1. The van der Waals surface area contributed by atoms with Gasteiger partial charge in [0.25, 0.3) is 5.56 Å². The van der Waals surface area contributed by atoms with Gasteiger partial charge in [-0.3, -0.25) is 14.2 Å². The summed E-state index contributed by atoms with van der Waals surface area (Å²) in [6, 6.07) is 9.68. The van der Waals surface area contributed by atoms with Crippen molar-refractivity contribution >= 4 is 28.2 Å². The third kappa shape index (κ3) is 3.85. The molecule has 1 saturated heterocycles. The monoisotopic (exact) mass is 394 g/mol. The lowest BCUT2D eigenvalue weighted by Crippen LogP contribution is -2.26. The van der Waals surface area contributed by atoms with Gasteiger partial charge in [0.2, 0.25) is 5.91 Å². The van der Waals surface area contributed by atoms with E-state index in [1.54, 1.807) is 29.7 Å². The minimum Gasteiger partial charge on any atom is -0.370 e. The number of benzene rings is 2. The summed E-state index contributed by atoms with van der Waals surface area (Å²) in [6.45, 7) is 5.38. The molecule has 1 fully saturated rings. The maximum absolute atomic E-state index is 13.2. The summed E-state index contributed by atoms with van der Waals surface area (Å²) in [5.41, 5.74) is 2.76. The van der Waals surface area contributed by atoms with Crippen LogP contribution >= 0.6 is 0 Å². The standard InChI is InChI=1S/C22H23FN4O2/c1-14-24-19-12-21(26-9-3-4-10-26)20(25-15(2)28)11-18(19)22(29)27(14)13-16-5-7-17(23)8-6-16/h5-8,11-12H,3-4,9-10,13H2,1-2H3,(H,25,28). The van der Waals surface area contributed by atoms with Crippen LogP contribution in [0.15, 0.2) is 41.2 Å². The molecule has 1 aromatic heterocycles. The lowest BCUT2D eigenvalue weighted by molar-refractivity contribution is -0.114. The maximum atomic E-state index is 13.2. The highest BCUT2D eigenvalue weighted by molar-refractivity contribution is 5.98. The molecular weight excluding hydrogens is 371 g/mol. The Balaban J connectivity index is 1.83. The highest BCUT2D eigenvalue weighted by Gasteiger charge is 2.19. The highest BCUT2D eigenvalue weighted by Crippen LogP contribution is 2.32. The van der Waals surface area contributed by atoms with E-state index in [2.05, 4.69) is 15.2 Å². The molecule has 0 radical (unpaired) electrons. The molecule has 29 heavy (non-hydrogen) atoms. The van der Waals surface area contributed by atoms with Crippen LogP contribution in [-0.2, 0) is 11.3 Å². The van der Waals surface area contributed by atoms with Crippen LogP contribution in [-0.4, -0.2) is 28.5 Å². The number of hydrogen-bond acceptors (Lipinski definition) is 4. The lowest BCUT2D eigenvalue weighted by atomic mass is 10.1. The number of anilines is 2. The minimum absolute atomic E-state index is 0.184. The smallest absolute Gasteiger partial charge is 0.261 e. The van der Waals surface area contributed by atoms with Gasteiger partial charge in [-0.2, -0.15) is 0 Å². The molecule has 150 valence electrons. The van der Waals surface area contributed by atoms with Gasteiger partial charge in [-0.25, -0.2) is 9.37 Å². The van der Waals surface area contributed by atoms with E-state index < -0.39 is 0 Å². The van der Waals surface area contributed by atoms with Crippen molar-refractivity contribution < 1.29 is 9.18 Å². The van der Waals surface area contributed by atoms with Gasteiger partial charge in [-0.05, 0) is 49.6 Å². The zero-order valence-corrected chi connectivity index (χ0v) is 16.5. The summed E-state index contributed by atoms with van der Waals surface area (Å²) < 4.78 is 14.8. The Kier molecular flexibility index (Phi) is 5.05. The molecule has 0 aliphatic carbocycles. The molecule has 0 saturated carbocycles. The molecule has 2 heterocycles. The number of hydrogen-bond donors (Lipinski definition) is 1. The first kappa shape index (κ1) is 19.1. The first-order valence-electron chi connectivity index (χ1n) is 9.74. The fourth-order valence-electron chi connectivity index (χ4n) is 3.84. The predicted octanol–water partition coefficient (Wildman–Crippen LogP) is 3.45. The van der Waals surface area contributed by atoms with Crippen molar-refractivity contribution in [1.29, 1.82) is 0 Å². The van der Waals surface area contributed by atoms with Crippen LogP contribution in [0, 0.1) is 12.7 Å². The number of carbonyl (C=O) groups is 1. The summed E-state index contributed by atoms with van der Waals surface area (Å²) in [5.74, 6) is 0.0897. The summed E-state index contributed by atoms with van der Waals surface area (Å²) in [6.07, 6.45) is 2.20. The Morgan fingerprint density at radius 3 is 2.52 bits per heavy atom. The van der Waals surface area contributed by atoms with Gasteiger partial charge in [0.05, 0.1) is 28.8 Å². The molecule has 7 heteroatoms. The molecule has 1 aliphatic heterocycles. The Morgan fingerprint density at radius 2 is 1.86 bits per heavy atom. The van der Waals surface area contributed by atoms with Crippen LogP contribution in [0.5, 0.6) is 0 Å². The van der Waals surface area contributed by atoms with Crippen LogP contribution in [0.3, 0.4) is 0 Å². The molecule has 1 amide bonds. The average molecular weight is 394 g/mol. The Hall–Kier alpha value is -3.22. The number of fused-ring (bicyclic) bond motifs is 1. The molecular formula is C22H23FN4O2. The Morgan fingerprint density at radius 1 is 1.17 bits per heavy atom. The first-order valence-corrected chi connectivity index (χ1v) is 9.74. The molecule has 4 rings (SSSR count). The fourth-order valence-corrected chi connectivity index (χ4v) is 3.84. The summed E-state index contributed by atoms with van der Waals surface area (Å²) >= 11 is 0. The quantitative estimate of drug-likeness (QED) is 0.736. The van der Waals surface area contributed by atoms with Gasteiger partial charge in [0.1, 0.15) is 11.6 Å². The van der Waals surface area contributed by atoms with E-state index in [9.17, 15) is 14.0 Å². The summed E-state index contributed by atoms with van der Waals surface area (Å²) in [4.78, 5) is 31.8. The molecule has 1 N–H and O–H groups in total. The van der Waals surface area contributed by atoms with E-state index in [1.807, 2.05) is 6.07 Å². The average Bonchev–Trinajstić information content (AvgIpc) is 3.21. The number of amides is 1. The van der Waals surface area contributed by atoms with Crippen LogP contribution in [0.4, 0.5) is 15.8 Å². The number of aryl methyl sites for hydroxylation is 1. The Bertz CT molecular complexity index is 1130. The third-order valence-corrected chi connectivity index (χ3v) is 5.27. The number of aromatic nitrogens is 2. The van der Waals surface area contributed by atoms with Crippen LogP contribution in [0.25, 0.3) is 10.9 Å². The van der Waals surface area contributed by atoms with Gasteiger partial charge in [0.15, 0.2) is 0 Å². The minimum atomic E-state index is -0.316. The molecule has 3 aromatic rings. The van der Waals surface area contributed by atoms with Crippen molar-refractivity contribution in [2.75, 3.05) is 23.3 Å². The van der Waals surface area contributed by atoms with E-state index in [0.29, 0.717) is 29.0 Å². The number of rotatable bonds is 4. The molecule has 6 nitrogen and oxygen atoms in total. The van der Waals surface area contributed by atoms with Crippen molar-refractivity contribution in [2.45, 2.75) is 33.2 Å². The molecule has 2 aromatic carbocycles. The summed E-state index contributed by atoms with van der Waals surface area (Å²) in [5, 5.41) is 3.31. The molecule has 0 atom stereocenters. The van der Waals surface area contributed by atoms with Gasteiger partial charge in [-0.1, -0.05) is 12.1 Å². The van der Waals surface area contributed by atoms with E-state index in [4.69, 9.17) is 0 Å². The first-order chi connectivity index (χ1) is 13.9. The number of halogens is 1. The van der Waals surface area contributed by atoms with Crippen molar-refractivity contribution in [1.82, 2.24) is 9.55 Å². The van der Waals surface area contributed by atoms with Crippen molar-refractivity contribution in [3.63, 3.8) is 0 Å². The third-order valence-electron chi connectivity index (χ3n) is 5.27. The second kappa shape index (κ2) is 7.66. The zero-order chi connectivity index (χ0) is 20.5. The molecule has 0 spiro atoms.